The van der Waals surface area contributed by atoms with Gasteiger partial charge in [0.1, 0.15) is 5.82 Å². The maximum Gasteiger partial charge on any atom is 0.328 e. The number of aromatic nitrogens is 4. The monoisotopic (exact) mass is 385 g/mol. The first-order valence-corrected chi connectivity index (χ1v) is 10.1. The molecule has 0 unspecified atom stereocenters. The third kappa shape index (κ3) is 3.68. The molecule has 0 aromatic carbocycles. The van der Waals surface area contributed by atoms with Crippen molar-refractivity contribution in [2.45, 2.75) is 51.0 Å². The van der Waals surface area contributed by atoms with Gasteiger partial charge in [0.2, 0.25) is 5.91 Å². The molecule has 8 nitrogen and oxygen atoms in total. The summed E-state index contributed by atoms with van der Waals surface area (Å²) in [5.41, 5.74) is -0.569. The van der Waals surface area contributed by atoms with E-state index in [2.05, 4.69) is 20.7 Å². The predicted molar refractivity (Wildman–Crippen MR) is 104 cm³/mol. The molecule has 0 spiro atoms. The maximum atomic E-state index is 12.8. The van der Waals surface area contributed by atoms with Crippen molar-refractivity contribution in [3.05, 3.63) is 50.8 Å². The van der Waals surface area contributed by atoms with Crippen LogP contribution in [0.5, 0.6) is 0 Å². The van der Waals surface area contributed by atoms with Gasteiger partial charge >= 0.3 is 5.69 Å². The molecule has 3 heterocycles. The van der Waals surface area contributed by atoms with E-state index >= 15 is 0 Å². The Morgan fingerprint density at radius 2 is 2.07 bits per heavy atom. The summed E-state index contributed by atoms with van der Waals surface area (Å²) in [4.78, 5) is 45.4. The largest absolute Gasteiger partial charge is 0.342 e. The Kier molecular flexibility index (Phi) is 5.19. The molecule has 28 heavy (non-hydrogen) atoms. The minimum absolute atomic E-state index is 0.00663. The molecule has 2 aromatic heterocycles. The molecule has 1 aliphatic heterocycles. The summed E-state index contributed by atoms with van der Waals surface area (Å²) < 4.78 is 3.26. The molecule has 2 fully saturated rings. The first kappa shape index (κ1) is 18.7. The number of hydrogen-bond acceptors (Lipinski definition) is 4. The normalized spacial score (nSPS) is 20.2. The van der Waals surface area contributed by atoms with Crippen LogP contribution in [-0.4, -0.2) is 43.0 Å². The topological polar surface area (TPSA) is 93.0 Å². The van der Waals surface area contributed by atoms with Crippen LogP contribution in [0.1, 0.15) is 49.4 Å². The molecule has 0 radical (unpaired) electrons. The Morgan fingerprint density at radius 1 is 1.25 bits per heavy atom. The highest BCUT2D eigenvalue weighted by Gasteiger charge is 2.29. The van der Waals surface area contributed by atoms with Crippen molar-refractivity contribution in [3.8, 4) is 0 Å². The molecule has 1 saturated carbocycles. The van der Waals surface area contributed by atoms with Gasteiger partial charge in [-0.1, -0.05) is 6.42 Å². The Bertz CT molecular complexity index is 969. The number of rotatable bonds is 5. The summed E-state index contributed by atoms with van der Waals surface area (Å²) in [6.45, 7) is 2.35. The van der Waals surface area contributed by atoms with Gasteiger partial charge < -0.3 is 14.5 Å². The van der Waals surface area contributed by atoms with E-state index in [-0.39, 0.29) is 18.2 Å². The van der Waals surface area contributed by atoms with Gasteiger partial charge in [0, 0.05) is 56.8 Å². The molecular weight excluding hydrogens is 358 g/mol. The zero-order valence-corrected chi connectivity index (χ0v) is 16.3. The van der Waals surface area contributed by atoms with E-state index in [9.17, 15) is 14.4 Å². The van der Waals surface area contributed by atoms with E-state index in [1.54, 1.807) is 0 Å². The summed E-state index contributed by atoms with van der Waals surface area (Å²) in [6.07, 6.45) is 11.1. The molecule has 2 aromatic rings. The van der Waals surface area contributed by atoms with E-state index in [0.29, 0.717) is 18.7 Å². The molecule has 0 bridgehead atoms. The van der Waals surface area contributed by atoms with Crippen LogP contribution in [-0.2, 0) is 24.8 Å². The number of carbonyl (C=O) groups is 1. The minimum Gasteiger partial charge on any atom is -0.342 e. The molecule has 2 aliphatic rings. The Morgan fingerprint density at radius 3 is 2.82 bits per heavy atom. The van der Waals surface area contributed by atoms with Crippen LogP contribution < -0.4 is 11.2 Å². The Hall–Kier alpha value is -2.64. The zero-order chi connectivity index (χ0) is 19.7. The van der Waals surface area contributed by atoms with Crippen LogP contribution in [0.4, 0.5) is 0 Å². The molecule has 1 amide bonds. The van der Waals surface area contributed by atoms with Gasteiger partial charge in [-0.3, -0.25) is 14.2 Å². The number of imidazole rings is 1. The van der Waals surface area contributed by atoms with Crippen molar-refractivity contribution in [1.82, 2.24) is 24.0 Å². The average molecular weight is 385 g/mol. The fourth-order valence-electron chi connectivity index (χ4n) is 4.22. The lowest BCUT2D eigenvalue weighted by molar-refractivity contribution is -0.131. The molecule has 1 N–H and O–H groups in total. The SMILES string of the molecule is Cn1c(=O)[nH]cc(CC(=O)N2CCC[C@H](c3nccn3CC3CCC3)C2)c1=O. The second-order valence-corrected chi connectivity index (χ2v) is 8.07. The van der Waals surface area contributed by atoms with Gasteiger partial charge in [0.15, 0.2) is 0 Å². The summed E-state index contributed by atoms with van der Waals surface area (Å²) in [6, 6.07) is 0. The number of piperidine rings is 1. The second-order valence-electron chi connectivity index (χ2n) is 8.07. The van der Waals surface area contributed by atoms with E-state index in [0.717, 1.165) is 35.7 Å². The maximum absolute atomic E-state index is 12.8. The Labute approximate surface area is 163 Å². The van der Waals surface area contributed by atoms with E-state index in [1.807, 2.05) is 11.1 Å². The predicted octanol–water partition coefficient (Wildman–Crippen LogP) is 1.02. The van der Waals surface area contributed by atoms with Crippen LogP contribution in [0.3, 0.4) is 0 Å². The van der Waals surface area contributed by atoms with E-state index in [1.165, 1.54) is 32.5 Å². The van der Waals surface area contributed by atoms with Crippen molar-refractivity contribution in [2.24, 2.45) is 13.0 Å². The molecular formula is C20H27N5O3. The zero-order valence-electron chi connectivity index (χ0n) is 16.3. The summed E-state index contributed by atoms with van der Waals surface area (Å²) in [5.74, 6) is 1.98. The molecule has 150 valence electrons. The average Bonchev–Trinajstić information content (AvgIpc) is 3.13. The van der Waals surface area contributed by atoms with Gasteiger partial charge in [0.25, 0.3) is 5.56 Å². The van der Waals surface area contributed by atoms with Crippen molar-refractivity contribution in [1.29, 1.82) is 0 Å². The van der Waals surface area contributed by atoms with E-state index in [4.69, 9.17) is 0 Å². The third-order valence-corrected chi connectivity index (χ3v) is 6.16. The van der Waals surface area contributed by atoms with Crippen molar-refractivity contribution in [3.63, 3.8) is 0 Å². The third-order valence-electron chi connectivity index (χ3n) is 6.16. The van der Waals surface area contributed by atoms with Crippen LogP contribution in [0.2, 0.25) is 0 Å². The second kappa shape index (κ2) is 7.77. The van der Waals surface area contributed by atoms with Crippen LogP contribution in [0.15, 0.2) is 28.2 Å². The minimum atomic E-state index is -0.475. The van der Waals surface area contributed by atoms with Gasteiger partial charge in [-0.2, -0.15) is 0 Å². The highest BCUT2D eigenvalue weighted by molar-refractivity contribution is 5.78. The van der Waals surface area contributed by atoms with E-state index < -0.39 is 11.2 Å². The molecule has 1 aliphatic carbocycles. The van der Waals surface area contributed by atoms with Crippen LogP contribution in [0.25, 0.3) is 0 Å². The van der Waals surface area contributed by atoms with Gasteiger partial charge in [-0.25, -0.2) is 9.78 Å². The Balaban J connectivity index is 1.45. The fraction of sp³-hybridized carbons (Fsp3) is 0.600. The smallest absolute Gasteiger partial charge is 0.328 e. The molecule has 1 saturated heterocycles. The lowest BCUT2D eigenvalue weighted by Crippen LogP contribution is -2.42. The molecule has 1 atom stereocenters. The lowest BCUT2D eigenvalue weighted by Gasteiger charge is -2.33. The number of nitrogens with zero attached hydrogens (tertiary/aromatic N) is 4. The number of H-pyrrole nitrogens is 1. The lowest BCUT2D eigenvalue weighted by atomic mass is 9.85. The van der Waals surface area contributed by atoms with Gasteiger partial charge in [-0.15, -0.1) is 0 Å². The van der Waals surface area contributed by atoms with Crippen LogP contribution >= 0.6 is 0 Å². The summed E-state index contributed by atoms with van der Waals surface area (Å²) in [7, 11) is 1.41. The summed E-state index contributed by atoms with van der Waals surface area (Å²) in [5, 5.41) is 0. The molecule has 4 rings (SSSR count). The van der Waals surface area contributed by atoms with Gasteiger partial charge in [0.05, 0.1) is 6.42 Å². The standard InChI is InChI=1S/C20H27N5O3/c1-23-19(27)16(11-22-20(23)28)10-17(26)24-8-3-6-15(13-24)18-21-7-9-25(18)12-14-4-2-5-14/h7,9,11,14-15H,2-6,8,10,12-13H2,1H3,(H,22,28)/t15-/m0/s1. The highest BCUT2D eigenvalue weighted by atomic mass is 16.2. The number of hydrogen-bond donors (Lipinski definition) is 1. The number of amides is 1. The quantitative estimate of drug-likeness (QED) is 0.832. The van der Waals surface area contributed by atoms with Crippen LogP contribution in [0, 0.1) is 5.92 Å². The van der Waals surface area contributed by atoms with Crippen molar-refractivity contribution in [2.75, 3.05) is 13.1 Å². The number of likely N-dealkylation sites (tertiary alicyclic amines) is 1. The number of aromatic amines is 1. The number of carbonyl (C=O) groups excluding carboxylic acids is 1. The highest BCUT2D eigenvalue weighted by Crippen LogP contribution is 2.31. The first-order valence-electron chi connectivity index (χ1n) is 10.1. The first-order chi connectivity index (χ1) is 13.5. The fourth-order valence-corrected chi connectivity index (χ4v) is 4.22. The van der Waals surface area contributed by atoms with Crippen molar-refractivity contribution >= 4 is 5.91 Å². The number of nitrogens with one attached hydrogen (secondary N) is 1. The summed E-state index contributed by atoms with van der Waals surface area (Å²) >= 11 is 0. The molecule has 8 heteroatoms. The van der Waals surface area contributed by atoms with Crippen molar-refractivity contribution < 1.29 is 4.79 Å². The van der Waals surface area contributed by atoms with Gasteiger partial charge in [-0.05, 0) is 31.6 Å².